The van der Waals surface area contributed by atoms with E-state index >= 15 is 0 Å². The van der Waals surface area contributed by atoms with Gasteiger partial charge in [-0.3, -0.25) is 4.79 Å². The van der Waals surface area contributed by atoms with Crippen molar-refractivity contribution < 1.29 is 9.53 Å². The second kappa shape index (κ2) is 7.46. The average molecular weight is 290 g/mol. The van der Waals surface area contributed by atoms with Gasteiger partial charge in [-0.1, -0.05) is 24.6 Å². The number of hydrogen-bond acceptors (Lipinski definition) is 3. The number of carbonyl (C=O) groups excluding carboxylic acids is 1. The Morgan fingerprint density at radius 1 is 1.43 bits per heavy atom. The highest BCUT2D eigenvalue weighted by Crippen LogP contribution is 2.16. The van der Waals surface area contributed by atoms with Gasteiger partial charge in [0, 0.05) is 0 Å². The van der Waals surface area contributed by atoms with E-state index in [0.717, 1.165) is 25.1 Å². The molecule has 1 aliphatic rings. The molecule has 0 saturated carbocycles. The molecule has 1 fully saturated rings. The number of nitrogens with one attached hydrogen (secondary N) is 2. The summed E-state index contributed by atoms with van der Waals surface area (Å²) >= 11 is 0. The van der Waals surface area contributed by atoms with Crippen molar-refractivity contribution in [1.29, 1.82) is 0 Å². The van der Waals surface area contributed by atoms with E-state index in [1.54, 1.807) is 0 Å². The fourth-order valence-corrected chi connectivity index (χ4v) is 2.63. The van der Waals surface area contributed by atoms with E-state index in [2.05, 4.69) is 17.6 Å². The Balaban J connectivity index is 1.77. The highest BCUT2D eigenvalue weighted by atomic mass is 16.5. The molecule has 1 heterocycles. The first kappa shape index (κ1) is 15.8. The highest BCUT2D eigenvalue weighted by Gasteiger charge is 2.27. The minimum absolute atomic E-state index is 0.00488. The molecule has 2 N–H and O–H groups in total. The third-order valence-electron chi connectivity index (χ3n) is 3.96. The molecule has 3 atom stereocenters. The van der Waals surface area contributed by atoms with Gasteiger partial charge in [0.2, 0.25) is 5.91 Å². The van der Waals surface area contributed by atoms with Gasteiger partial charge in [-0.15, -0.1) is 0 Å². The molecule has 0 radical (unpaired) electrons. The Bertz CT molecular complexity index is 458. The molecule has 1 aromatic carbocycles. The number of hydrogen-bond donors (Lipinski definition) is 2. The Morgan fingerprint density at radius 2 is 2.14 bits per heavy atom. The molecular formula is C17H26N2O2. The summed E-state index contributed by atoms with van der Waals surface area (Å²) in [4.78, 5) is 12.2. The summed E-state index contributed by atoms with van der Waals surface area (Å²) in [7, 11) is 0. The van der Waals surface area contributed by atoms with E-state index in [1.807, 2.05) is 38.1 Å². The summed E-state index contributed by atoms with van der Waals surface area (Å²) in [6, 6.07) is 7.87. The SMILES string of the molecule is Cc1ccc(OCC(C)NC(=O)C2NCCCC2C)cc1. The van der Waals surface area contributed by atoms with Gasteiger partial charge in [0.05, 0.1) is 12.1 Å². The van der Waals surface area contributed by atoms with E-state index in [0.29, 0.717) is 12.5 Å². The van der Waals surface area contributed by atoms with Gasteiger partial charge in [-0.25, -0.2) is 0 Å². The largest absolute Gasteiger partial charge is 0.491 e. The third kappa shape index (κ3) is 4.74. The maximum Gasteiger partial charge on any atom is 0.237 e. The second-order valence-electron chi connectivity index (χ2n) is 6.09. The van der Waals surface area contributed by atoms with Crippen molar-refractivity contribution in [2.24, 2.45) is 5.92 Å². The number of benzene rings is 1. The molecule has 0 aliphatic carbocycles. The van der Waals surface area contributed by atoms with E-state index in [4.69, 9.17) is 4.74 Å². The predicted molar refractivity (Wildman–Crippen MR) is 84.5 cm³/mol. The summed E-state index contributed by atoms with van der Waals surface area (Å²) in [5.41, 5.74) is 1.21. The summed E-state index contributed by atoms with van der Waals surface area (Å²) < 4.78 is 5.70. The fraction of sp³-hybridized carbons (Fsp3) is 0.588. The van der Waals surface area contributed by atoms with Crippen molar-refractivity contribution in [2.75, 3.05) is 13.2 Å². The molecule has 1 aromatic rings. The van der Waals surface area contributed by atoms with Crippen LogP contribution in [0, 0.1) is 12.8 Å². The van der Waals surface area contributed by atoms with Crippen LogP contribution in [0.5, 0.6) is 5.75 Å². The molecule has 3 unspecified atom stereocenters. The minimum atomic E-state index is -0.0689. The van der Waals surface area contributed by atoms with Gasteiger partial charge >= 0.3 is 0 Å². The first-order valence-corrected chi connectivity index (χ1v) is 7.79. The topological polar surface area (TPSA) is 50.4 Å². The van der Waals surface area contributed by atoms with Crippen LogP contribution in [-0.4, -0.2) is 31.1 Å². The zero-order valence-corrected chi connectivity index (χ0v) is 13.2. The normalized spacial score (nSPS) is 23.4. The summed E-state index contributed by atoms with van der Waals surface area (Å²) in [6.45, 7) is 7.56. The molecule has 4 heteroatoms. The van der Waals surface area contributed by atoms with Crippen LogP contribution < -0.4 is 15.4 Å². The number of piperidine rings is 1. The van der Waals surface area contributed by atoms with Gasteiger partial charge < -0.3 is 15.4 Å². The number of amides is 1. The number of ether oxygens (including phenoxy) is 1. The number of rotatable bonds is 5. The lowest BCUT2D eigenvalue weighted by Crippen LogP contribution is -2.53. The third-order valence-corrected chi connectivity index (χ3v) is 3.96. The molecule has 1 saturated heterocycles. The van der Waals surface area contributed by atoms with Crippen LogP contribution in [0.25, 0.3) is 0 Å². The van der Waals surface area contributed by atoms with Crippen LogP contribution in [0.2, 0.25) is 0 Å². The standard InChI is InChI=1S/C17H26N2O2/c1-12-6-8-15(9-7-12)21-11-14(3)19-17(20)16-13(2)5-4-10-18-16/h6-9,13-14,16,18H,4-5,10-11H2,1-3H3,(H,19,20). The second-order valence-corrected chi connectivity index (χ2v) is 6.09. The molecule has 116 valence electrons. The summed E-state index contributed by atoms with van der Waals surface area (Å²) in [5, 5.41) is 6.34. The minimum Gasteiger partial charge on any atom is -0.491 e. The van der Waals surface area contributed by atoms with Crippen LogP contribution in [0.3, 0.4) is 0 Å². The van der Waals surface area contributed by atoms with Gasteiger partial charge in [-0.05, 0) is 51.3 Å². The van der Waals surface area contributed by atoms with Crippen molar-refractivity contribution in [3.05, 3.63) is 29.8 Å². The highest BCUT2D eigenvalue weighted by molar-refractivity contribution is 5.82. The van der Waals surface area contributed by atoms with E-state index < -0.39 is 0 Å². The predicted octanol–water partition coefficient (Wildman–Crippen LogP) is 2.27. The lowest BCUT2D eigenvalue weighted by molar-refractivity contribution is -0.125. The summed E-state index contributed by atoms with van der Waals surface area (Å²) in [5.74, 6) is 1.32. The quantitative estimate of drug-likeness (QED) is 0.874. The zero-order chi connectivity index (χ0) is 15.2. The van der Waals surface area contributed by atoms with Gasteiger partial charge in [-0.2, -0.15) is 0 Å². The van der Waals surface area contributed by atoms with Crippen LogP contribution in [0.15, 0.2) is 24.3 Å². The lowest BCUT2D eigenvalue weighted by atomic mass is 9.92. The molecule has 1 aliphatic heterocycles. The van der Waals surface area contributed by atoms with Crippen molar-refractivity contribution in [3.63, 3.8) is 0 Å². The fourth-order valence-electron chi connectivity index (χ4n) is 2.63. The average Bonchev–Trinajstić information content (AvgIpc) is 2.47. The molecule has 21 heavy (non-hydrogen) atoms. The first-order valence-electron chi connectivity index (χ1n) is 7.79. The van der Waals surface area contributed by atoms with Crippen molar-refractivity contribution >= 4 is 5.91 Å². The van der Waals surface area contributed by atoms with Crippen LogP contribution in [-0.2, 0) is 4.79 Å². The molecule has 0 aromatic heterocycles. The molecule has 2 rings (SSSR count). The zero-order valence-electron chi connectivity index (χ0n) is 13.2. The van der Waals surface area contributed by atoms with Crippen LogP contribution >= 0.6 is 0 Å². The number of carbonyl (C=O) groups is 1. The molecule has 0 bridgehead atoms. The van der Waals surface area contributed by atoms with Gasteiger partial charge in [0.25, 0.3) is 0 Å². The van der Waals surface area contributed by atoms with Gasteiger partial charge in [0.1, 0.15) is 12.4 Å². The van der Waals surface area contributed by atoms with Crippen LogP contribution in [0.4, 0.5) is 0 Å². The van der Waals surface area contributed by atoms with Crippen LogP contribution in [0.1, 0.15) is 32.3 Å². The summed E-state index contributed by atoms with van der Waals surface area (Å²) in [6.07, 6.45) is 2.26. The Labute approximate surface area is 127 Å². The molecular weight excluding hydrogens is 264 g/mol. The van der Waals surface area contributed by atoms with E-state index in [-0.39, 0.29) is 18.0 Å². The Morgan fingerprint density at radius 3 is 2.81 bits per heavy atom. The smallest absolute Gasteiger partial charge is 0.237 e. The molecule has 0 spiro atoms. The monoisotopic (exact) mass is 290 g/mol. The van der Waals surface area contributed by atoms with Crippen molar-refractivity contribution in [3.8, 4) is 5.75 Å². The van der Waals surface area contributed by atoms with Crippen molar-refractivity contribution in [1.82, 2.24) is 10.6 Å². The maximum absolute atomic E-state index is 12.2. The Kier molecular flexibility index (Phi) is 5.62. The maximum atomic E-state index is 12.2. The van der Waals surface area contributed by atoms with E-state index in [1.165, 1.54) is 5.56 Å². The molecule has 4 nitrogen and oxygen atoms in total. The molecule has 1 amide bonds. The first-order chi connectivity index (χ1) is 10.1. The van der Waals surface area contributed by atoms with Crippen molar-refractivity contribution in [2.45, 2.75) is 45.7 Å². The number of aryl methyl sites for hydroxylation is 1. The lowest BCUT2D eigenvalue weighted by Gasteiger charge is -2.30. The van der Waals surface area contributed by atoms with Gasteiger partial charge in [0.15, 0.2) is 0 Å². The Hall–Kier alpha value is -1.55. The van der Waals surface area contributed by atoms with E-state index in [9.17, 15) is 4.79 Å².